The van der Waals surface area contributed by atoms with Crippen LogP contribution in [0.2, 0.25) is 5.02 Å². The molecule has 0 radical (unpaired) electrons. The number of hydrogen-bond acceptors (Lipinski definition) is 3. The summed E-state index contributed by atoms with van der Waals surface area (Å²) in [4.78, 5) is 13.2. The molecule has 1 aromatic carbocycles. The first-order valence-electron chi connectivity index (χ1n) is 9.85. The molecule has 0 aliphatic carbocycles. The van der Waals surface area contributed by atoms with E-state index in [2.05, 4.69) is 38.3 Å². The van der Waals surface area contributed by atoms with Gasteiger partial charge in [0.05, 0.1) is 16.0 Å². The van der Waals surface area contributed by atoms with Gasteiger partial charge in [0.15, 0.2) is 0 Å². The number of nitrogens with zero attached hydrogens (tertiary/aromatic N) is 1. The molecule has 1 atom stereocenters. The van der Waals surface area contributed by atoms with Crippen LogP contribution in [0.1, 0.15) is 53.4 Å². The fourth-order valence-corrected chi connectivity index (χ4v) is 6.73. The Morgan fingerprint density at radius 2 is 1.71 bits per heavy atom. The lowest BCUT2D eigenvalue weighted by Crippen LogP contribution is -3.06. The monoisotopic (exact) mass is 428 g/mol. The molecule has 0 bridgehead atoms. The lowest BCUT2D eigenvalue weighted by atomic mass is 9.79. The Hall–Kier alpha value is -1.15. The maximum Gasteiger partial charge on any atom is 0.243 e. The number of benzene rings is 1. The van der Waals surface area contributed by atoms with Gasteiger partial charge in [-0.15, -0.1) is 0 Å². The van der Waals surface area contributed by atoms with Crippen LogP contribution in [-0.4, -0.2) is 48.3 Å². The topological polar surface area (TPSA) is 83.1 Å². The molecule has 2 aliphatic heterocycles. The van der Waals surface area contributed by atoms with Crippen molar-refractivity contribution in [2.45, 2.75) is 81.4 Å². The molecule has 156 valence electrons. The highest BCUT2D eigenvalue weighted by molar-refractivity contribution is 7.89. The number of carbonyl (C=O) groups excluding carboxylic acids is 1. The van der Waals surface area contributed by atoms with Gasteiger partial charge in [-0.2, -0.15) is 4.31 Å². The molecule has 1 amide bonds. The Morgan fingerprint density at radius 3 is 2.29 bits per heavy atom. The molecule has 2 fully saturated rings. The van der Waals surface area contributed by atoms with E-state index in [1.54, 1.807) is 12.1 Å². The van der Waals surface area contributed by atoms with Gasteiger partial charge in [0.25, 0.3) is 0 Å². The van der Waals surface area contributed by atoms with E-state index in [1.165, 1.54) is 16.4 Å². The van der Waals surface area contributed by atoms with E-state index in [0.29, 0.717) is 24.4 Å². The van der Waals surface area contributed by atoms with Crippen LogP contribution in [0.4, 0.5) is 0 Å². The molecular weight excluding hydrogens is 398 g/mol. The summed E-state index contributed by atoms with van der Waals surface area (Å²) in [6.45, 7) is 9.08. The highest BCUT2D eigenvalue weighted by Gasteiger charge is 2.44. The van der Waals surface area contributed by atoms with Crippen molar-refractivity contribution in [2.75, 3.05) is 6.54 Å². The number of piperidine rings is 1. The molecule has 1 aromatic rings. The van der Waals surface area contributed by atoms with Crippen LogP contribution in [0.15, 0.2) is 29.2 Å². The van der Waals surface area contributed by atoms with Crippen molar-refractivity contribution in [2.24, 2.45) is 0 Å². The van der Waals surface area contributed by atoms with E-state index in [4.69, 9.17) is 11.6 Å². The summed E-state index contributed by atoms with van der Waals surface area (Å²) in [5.74, 6) is -0.187. The summed E-state index contributed by atoms with van der Waals surface area (Å²) in [6, 6.07) is 5.49. The fraction of sp³-hybridized carbons (Fsp3) is 0.650. The van der Waals surface area contributed by atoms with Crippen LogP contribution in [0.3, 0.4) is 0 Å². The predicted molar refractivity (Wildman–Crippen MR) is 110 cm³/mol. The van der Waals surface area contributed by atoms with E-state index in [-0.39, 0.29) is 27.9 Å². The van der Waals surface area contributed by atoms with Crippen molar-refractivity contribution in [3.8, 4) is 0 Å². The van der Waals surface area contributed by atoms with E-state index in [9.17, 15) is 13.2 Å². The van der Waals surface area contributed by atoms with Gasteiger partial charge in [0.2, 0.25) is 15.9 Å². The number of quaternary nitrogens is 1. The molecule has 8 heteroatoms. The zero-order valence-corrected chi connectivity index (χ0v) is 18.6. The molecular formula is C20H31ClN3O3S+. The lowest BCUT2D eigenvalue weighted by Gasteiger charge is -2.43. The van der Waals surface area contributed by atoms with Gasteiger partial charge in [-0.25, -0.2) is 8.42 Å². The number of hydrogen-bond donors (Lipinski definition) is 2. The highest BCUT2D eigenvalue weighted by atomic mass is 35.5. The van der Waals surface area contributed by atoms with Crippen molar-refractivity contribution in [1.82, 2.24) is 9.62 Å². The standard InChI is InChI=1S/C20H30ClN3O3S/c1-19(2)12-15(13-20(3,4)23-19)22-18(25)17-6-5-11-24(17)28(26,27)16-9-7-14(21)8-10-16/h7-10,15,17,23H,5-6,11-13H2,1-4H3,(H,22,25)/p+1/t17-/m1/s1. The Labute approximate surface area is 173 Å². The average molecular weight is 429 g/mol. The Balaban J connectivity index is 1.75. The number of carbonyl (C=O) groups is 1. The normalized spacial score (nSPS) is 25.5. The Kier molecular flexibility index (Phi) is 5.85. The number of sulfonamides is 1. The van der Waals surface area contributed by atoms with Crippen molar-refractivity contribution in [3.63, 3.8) is 0 Å². The summed E-state index contributed by atoms with van der Waals surface area (Å²) < 4.78 is 27.5. The van der Waals surface area contributed by atoms with E-state index in [1.807, 2.05) is 0 Å². The molecule has 2 heterocycles. The summed E-state index contributed by atoms with van der Waals surface area (Å²) >= 11 is 5.88. The highest BCUT2D eigenvalue weighted by Crippen LogP contribution is 2.28. The van der Waals surface area contributed by atoms with Gasteiger partial charge in [0, 0.05) is 30.5 Å². The van der Waals surface area contributed by atoms with E-state index < -0.39 is 16.1 Å². The second kappa shape index (κ2) is 7.59. The van der Waals surface area contributed by atoms with Crippen LogP contribution >= 0.6 is 11.6 Å². The third-order valence-electron chi connectivity index (χ3n) is 5.60. The van der Waals surface area contributed by atoms with Crippen LogP contribution in [0.5, 0.6) is 0 Å². The second-order valence-corrected chi connectivity index (χ2v) is 11.8. The molecule has 0 aromatic heterocycles. The molecule has 2 aliphatic rings. The van der Waals surface area contributed by atoms with Gasteiger partial charge < -0.3 is 10.6 Å². The first-order valence-corrected chi connectivity index (χ1v) is 11.7. The summed E-state index contributed by atoms with van der Waals surface area (Å²) in [5, 5.41) is 5.99. The van der Waals surface area contributed by atoms with Crippen LogP contribution < -0.4 is 10.6 Å². The summed E-state index contributed by atoms with van der Waals surface area (Å²) in [5.41, 5.74) is 0.0644. The van der Waals surface area contributed by atoms with Crippen LogP contribution in [0.25, 0.3) is 0 Å². The molecule has 2 saturated heterocycles. The molecule has 6 nitrogen and oxygen atoms in total. The van der Waals surface area contributed by atoms with Gasteiger partial charge in [-0.3, -0.25) is 4.79 Å². The average Bonchev–Trinajstić information content (AvgIpc) is 3.02. The second-order valence-electron chi connectivity index (χ2n) is 9.46. The fourth-order valence-electron chi connectivity index (χ4n) is 4.95. The van der Waals surface area contributed by atoms with Gasteiger partial charge in [-0.05, 0) is 64.8 Å². The maximum absolute atomic E-state index is 13.1. The minimum Gasteiger partial charge on any atom is -0.351 e. The third kappa shape index (κ3) is 4.70. The summed E-state index contributed by atoms with van der Waals surface area (Å²) in [6.07, 6.45) is 2.95. The van der Waals surface area contributed by atoms with Crippen molar-refractivity contribution < 1.29 is 18.5 Å². The maximum atomic E-state index is 13.1. The number of nitrogens with one attached hydrogen (secondary N) is 1. The Morgan fingerprint density at radius 1 is 1.14 bits per heavy atom. The largest absolute Gasteiger partial charge is 0.351 e. The SMILES string of the molecule is CC1(C)CC(NC(=O)[C@H]2CCCN2S(=O)(=O)c2ccc(Cl)cc2)CC(C)(C)[NH2+]1. The number of halogens is 1. The molecule has 0 spiro atoms. The van der Waals surface area contributed by atoms with E-state index in [0.717, 1.165) is 12.8 Å². The quantitative estimate of drug-likeness (QED) is 0.768. The molecule has 28 heavy (non-hydrogen) atoms. The summed E-state index contributed by atoms with van der Waals surface area (Å²) in [7, 11) is -3.73. The minimum absolute atomic E-state index is 0.0322. The van der Waals surface area contributed by atoms with Crippen molar-refractivity contribution in [1.29, 1.82) is 0 Å². The third-order valence-corrected chi connectivity index (χ3v) is 7.77. The van der Waals surface area contributed by atoms with E-state index >= 15 is 0 Å². The molecule has 3 N–H and O–H groups in total. The number of rotatable bonds is 4. The first-order chi connectivity index (χ1) is 12.9. The minimum atomic E-state index is -3.73. The van der Waals surface area contributed by atoms with Crippen molar-refractivity contribution in [3.05, 3.63) is 29.3 Å². The molecule has 0 unspecified atom stereocenters. The first kappa shape index (κ1) is 21.6. The molecule has 3 rings (SSSR count). The number of amides is 1. The molecule has 0 saturated carbocycles. The lowest BCUT2D eigenvalue weighted by molar-refractivity contribution is -0.787. The predicted octanol–water partition coefficient (Wildman–Crippen LogP) is 1.89. The smallest absolute Gasteiger partial charge is 0.243 e. The van der Waals surface area contributed by atoms with Crippen LogP contribution in [-0.2, 0) is 14.8 Å². The zero-order valence-electron chi connectivity index (χ0n) is 17.0. The van der Waals surface area contributed by atoms with Crippen molar-refractivity contribution >= 4 is 27.5 Å². The Bertz CT molecular complexity index is 821. The number of nitrogens with two attached hydrogens (primary N) is 1. The van der Waals surface area contributed by atoms with Gasteiger partial charge >= 0.3 is 0 Å². The van der Waals surface area contributed by atoms with Gasteiger partial charge in [-0.1, -0.05) is 11.6 Å². The zero-order chi connectivity index (χ0) is 20.7. The van der Waals surface area contributed by atoms with Gasteiger partial charge in [0.1, 0.15) is 6.04 Å². The van der Waals surface area contributed by atoms with Crippen LogP contribution in [0, 0.1) is 0 Å².